The van der Waals surface area contributed by atoms with E-state index in [0.717, 1.165) is 0 Å². The summed E-state index contributed by atoms with van der Waals surface area (Å²) in [6, 6.07) is 67.3. The molecule has 0 heterocycles. The number of fused-ring (bicyclic) bond motifs is 15. The van der Waals surface area contributed by atoms with Crippen molar-refractivity contribution in [2.45, 2.75) is 0 Å². The smallest absolute Gasteiger partial charge is 0.00264 e. The van der Waals surface area contributed by atoms with Crippen LogP contribution in [-0.4, -0.2) is 0 Å². The second kappa shape index (κ2) is 10.3. The van der Waals surface area contributed by atoms with Crippen LogP contribution in [0.1, 0.15) is 0 Å². The summed E-state index contributed by atoms with van der Waals surface area (Å²) in [5.74, 6) is 0. The minimum atomic E-state index is 1.32. The molecule has 54 heavy (non-hydrogen) atoms. The maximum absolute atomic E-state index is 2.42. The van der Waals surface area contributed by atoms with Gasteiger partial charge in [-0.1, -0.05) is 158 Å². The van der Waals surface area contributed by atoms with Gasteiger partial charge in [0.1, 0.15) is 0 Å². The minimum absolute atomic E-state index is 1.32. The highest BCUT2D eigenvalue weighted by molar-refractivity contribution is 6.37. The molecular formula is C54H30. The predicted octanol–water partition coefficient (Wildman–Crippen LogP) is 15.4. The lowest BCUT2D eigenvalue weighted by Gasteiger charge is -2.13. The highest BCUT2D eigenvalue weighted by Gasteiger charge is 2.23. The molecule has 1 aliphatic rings. The van der Waals surface area contributed by atoms with Crippen molar-refractivity contribution in [3.63, 3.8) is 0 Å². The van der Waals surface area contributed by atoms with Crippen LogP contribution in [0.2, 0.25) is 0 Å². The van der Waals surface area contributed by atoms with E-state index < -0.39 is 0 Å². The van der Waals surface area contributed by atoms with Gasteiger partial charge in [0.25, 0.3) is 0 Å². The summed E-state index contributed by atoms with van der Waals surface area (Å²) in [7, 11) is 0. The van der Waals surface area contributed by atoms with Crippen molar-refractivity contribution in [2.75, 3.05) is 0 Å². The Bertz CT molecular complexity index is 3360. The SMILES string of the molecule is c1cc2c3c(cccc3c1)-c1cc3c4ccccc4c4ccccc4c3cc1-2.c1cc2cccc3c4cc5c(cc4c(c1)c23)c1cccc2cccc5c21. The van der Waals surface area contributed by atoms with E-state index in [1.165, 1.54) is 130 Å². The van der Waals surface area contributed by atoms with Gasteiger partial charge in [-0.15, -0.1) is 0 Å². The molecule has 0 aliphatic heterocycles. The molecular weight excluding hydrogens is 649 g/mol. The van der Waals surface area contributed by atoms with E-state index in [1.807, 2.05) is 0 Å². The first-order valence-corrected chi connectivity index (χ1v) is 18.9. The van der Waals surface area contributed by atoms with Gasteiger partial charge in [-0.2, -0.15) is 0 Å². The van der Waals surface area contributed by atoms with Crippen molar-refractivity contribution in [3.05, 3.63) is 182 Å². The number of hydrogen-bond donors (Lipinski definition) is 0. The molecule has 1 aliphatic carbocycles. The van der Waals surface area contributed by atoms with Crippen molar-refractivity contribution < 1.29 is 0 Å². The van der Waals surface area contributed by atoms with Crippen LogP contribution in [-0.2, 0) is 0 Å². The summed E-state index contributed by atoms with van der Waals surface area (Å²) in [6.07, 6.45) is 0. The molecule has 0 fully saturated rings. The molecule has 0 spiro atoms. The molecule has 0 aromatic heterocycles. The van der Waals surface area contributed by atoms with Crippen LogP contribution in [0.15, 0.2) is 182 Å². The van der Waals surface area contributed by atoms with E-state index in [0.29, 0.717) is 0 Å². The van der Waals surface area contributed by atoms with E-state index in [9.17, 15) is 0 Å². The zero-order valence-corrected chi connectivity index (χ0v) is 29.3. The molecule has 0 radical (unpaired) electrons. The molecule has 0 amide bonds. The van der Waals surface area contributed by atoms with Gasteiger partial charge in [0.05, 0.1) is 0 Å². The highest BCUT2D eigenvalue weighted by Crippen LogP contribution is 2.50. The first-order chi connectivity index (χ1) is 26.8. The topological polar surface area (TPSA) is 0 Å². The van der Waals surface area contributed by atoms with Gasteiger partial charge >= 0.3 is 0 Å². The van der Waals surface area contributed by atoms with E-state index in [-0.39, 0.29) is 0 Å². The van der Waals surface area contributed by atoms with Crippen molar-refractivity contribution in [2.24, 2.45) is 0 Å². The van der Waals surface area contributed by atoms with Crippen molar-refractivity contribution in [1.29, 1.82) is 0 Å². The van der Waals surface area contributed by atoms with Crippen LogP contribution < -0.4 is 0 Å². The molecule has 246 valence electrons. The zero-order chi connectivity index (χ0) is 35.1. The van der Waals surface area contributed by atoms with Crippen LogP contribution in [0.4, 0.5) is 0 Å². The second-order valence-corrected chi connectivity index (χ2v) is 15.1. The van der Waals surface area contributed by atoms with Gasteiger partial charge in [0, 0.05) is 0 Å². The molecule has 13 aromatic carbocycles. The fraction of sp³-hybridized carbons (Fsp3) is 0. The van der Waals surface area contributed by atoms with E-state index in [1.54, 1.807) is 0 Å². The Hall–Kier alpha value is -7.02. The lowest BCUT2D eigenvalue weighted by atomic mass is 9.90. The third kappa shape index (κ3) is 3.62. The third-order valence-electron chi connectivity index (χ3n) is 12.5. The molecule has 0 saturated heterocycles. The van der Waals surface area contributed by atoms with Gasteiger partial charge in [-0.05, 0) is 154 Å². The molecule has 14 rings (SSSR count). The van der Waals surface area contributed by atoms with E-state index >= 15 is 0 Å². The van der Waals surface area contributed by atoms with Crippen LogP contribution in [0, 0.1) is 0 Å². The second-order valence-electron chi connectivity index (χ2n) is 15.1. The molecule has 0 heteroatoms. The molecule has 0 unspecified atom stereocenters. The normalized spacial score (nSPS) is 12.4. The molecule has 0 bridgehead atoms. The lowest BCUT2D eigenvalue weighted by Crippen LogP contribution is -1.85. The summed E-state index contributed by atoms with van der Waals surface area (Å²) in [5, 5.41) is 27.2. The average molecular weight is 679 g/mol. The summed E-state index contributed by atoms with van der Waals surface area (Å²) < 4.78 is 0. The fourth-order valence-corrected chi connectivity index (χ4v) is 10.3. The van der Waals surface area contributed by atoms with Gasteiger partial charge in [0.2, 0.25) is 0 Å². The van der Waals surface area contributed by atoms with Crippen molar-refractivity contribution in [3.8, 4) is 22.3 Å². The summed E-state index contributed by atoms with van der Waals surface area (Å²) in [5.41, 5.74) is 5.45. The Morgan fingerprint density at radius 2 is 0.444 bits per heavy atom. The average Bonchev–Trinajstić information content (AvgIpc) is 3.85. The Kier molecular flexibility index (Phi) is 5.45. The maximum atomic E-state index is 2.42. The third-order valence-corrected chi connectivity index (χ3v) is 12.5. The molecule has 0 nitrogen and oxygen atoms in total. The monoisotopic (exact) mass is 678 g/mol. The van der Waals surface area contributed by atoms with Crippen molar-refractivity contribution >= 4 is 108 Å². The Morgan fingerprint density at radius 3 is 0.815 bits per heavy atom. The number of rotatable bonds is 0. The molecule has 0 atom stereocenters. The molecule has 0 N–H and O–H groups in total. The summed E-state index contributed by atoms with van der Waals surface area (Å²) in [4.78, 5) is 0. The lowest BCUT2D eigenvalue weighted by molar-refractivity contribution is 1.75. The quantitative estimate of drug-likeness (QED) is 0.140. The zero-order valence-electron chi connectivity index (χ0n) is 29.3. The van der Waals surface area contributed by atoms with E-state index in [2.05, 4.69) is 182 Å². The van der Waals surface area contributed by atoms with Gasteiger partial charge in [-0.3, -0.25) is 0 Å². The Morgan fingerprint density at radius 1 is 0.167 bits per heavy atom. The molecule has 0 saturated carbocycles. The number of hydrogen-bond acceptors (Lipinski definition) is 0. The summed E-state index contributed by atoms with van der Waals surface area (Å²) >= 11 is 0. The van der Waals surface area contributed by atoms with Gasteiger partial charge < -0.3 is 0 Å². The first kappa shape index (κ1) is 28.6. The van der Waals surface area contributed by atoms with Crippen LogP contribution in [0.5, 0.6) is 0 Å². The Labute approximate surface area is 310 Å². The van der Waals surface area contributed by atoms with Crippen LogP contribution in [0.3, 0.4) is 0 Å². The first-order valence-electron chi connectivity index (χ1n) is 18.9. The molecule has 13 aromatic rings. The van der Waals surface area contributed by atoms with Gasteiger partial charge in [0.15, 0.2) is 0 Å². The Balaban J connectivity index is 0.000000116. The van der Waals surface area contributed by atoms with E-state index in [4.69, 9.17) is 0 Å². The van der Waals surface area contributed by atoms with Crippen LogP contribution >= 0.6 is 0 Å². The predicted molar refractivity (Wildman–Crippen MR) is 235 cm³/mol. The standard InChI is InChI=1S/C28H16.C26H14/c1-3-11-20-18(9-1)19-10-2-4-12-21(19)25-16-27-23-14-6-8-17-7-5-13-22(28(17)23)26(27)15-24(20)25;1-5-15-6-2-10-18-22-14-24-20-12-4-8-16-7-3-11-19(26(16)20)23(24)13-21(22)17(9-1)25(15)18/h1-16H;1-14H. The maximum Gasteiger partial charge on any atom is -0.00264 e. The summed E-state index contributed by atoms with van der Waals surface area (Å²) in [6.45, 7) is 0. The fourth-order valence-electron chi connectivity index (χ4n) is 10.3. The number of benzene rings is 11. The van der Waals surface area contributed by atoms with Gasteiger partial charge in [-0.25, -0.2) is 0 Å². The minimum Gasteiger partial charge on any atom is -0.0616 e. The van der Waals surface area contributed by atoms with Crippen LogP contribution in [0.25, 0.3) is 130 Å². The highest BCUT2D eigenvalue weighted by atomic mass is 14.3. The largest absolute Gasteiger partial charge is 0.0616 e. The van der Waals surface area contributed by atoms with Crippen molar-refractivity contribution in [1.82, 2.24) is 0 Å².